The molecule has 1 aromatic heterocycles. The van der Waals surface area contributed by atoms with Crippen LogP contribution in [-0.4, -0.2) is 65.1 Å². The van der Waals surface area contributed by atoms with Crippen molar-refractivity contribution in [3.8, 4) is 11.6 Å². The van der Waals surface area contributed by atoms with Crippen molar-refractivity contribution in [3.63, 3.8) is 0 Å². The lowest BCUT2D eigenvalue weighted by atomic mass is 10.1. The van der Waals surface area contributed by atoms with E-state index >= 15 is 0 Å². The minimum atomic E-state index is -0.513. The number of amides is 2. The third kappa shape index (κ3) is 7.35. The van der Waals surface area contributed by atoms with E-state index in [9.17, 15) is 14.0 Å². The second-order valence-electron chi connectivity index (χ2n) is 11.2. The fraction of sp³-hybridized carbons (Fsp3) is 0.387. The molecule has 2 heterocycles. The molecule has 0 radical (unpaired) electrons. The number of carbonyl (C=O) groups is 2. The van der Waals surface area contributed by atoms with Crippen LogP contribution in [0.15, 0.2) is 60.8 Å². The van der Waals surface area contributed by atoms with Crippen LogP contribution in [0.1, 0.15) is 49.2 Å². The Kier molecular flexibility index (Phi) is 8.73. The summed E-state index contributed by atoms with van der Waals surface area (Å²) in [6, 6.07) is 15.0. The smallest absolute Gasteiger partial charge is 0.410 e. The first-order valence-corrected chi connectivity index (χ1v) is 13.4. The first-order chi connectivity index (χ1) is 18.9. The molecule has 0 N–H and O–H groups in total. The summed E-state index contributed by atoms with van der Waals surface area (Å²) in [7, 11) is 1.73. The minimum Gasteiger partial charge on any atom is -0.444 e. The van der Waals surface area contributed by atoms with Crippen LogP contribution in [0.3, 0.4) is 0 Å². The van der Waals surface area contributed by atoms with Crippen molar-refractivity contribution in [2.45, 2.75) is 52.8 Å². The van der Waals surface area contributed by atoms with E-state index in [2.05, 4.69) is 16.0 Å². The first-order valence-electron chi connectivity index (χ1n) is 13.4. The molecular weight excluding hydrogens is 511 g/mol. The van der Waals surface area contributed by atoms with Crippen LogP contribution in [0.25, 0.3) is 0 Å². The quantitative estimate of drug-likeness (QED) is 0.374. The second-order valence-corrected chi connectivity index (χ2v) is 11.2. The van der Waals surface area contributed by atoms with Crippen molar-refractivity contribution in [1.82, 2.24) is 14.8 Å². The predicted molar refractivity (Wildman–Crippen MR) is 152 cm³/mol. The van der Waals surface area contributed by atoms with E-state index in [1.54, 1.807) is 29.0 Å². The van der Waals surface area contributed by atoms with Gasteiger partial charge in [-0.1, -0.05) is 6.07 Å². The number of hydrogen-bond acceptors (Lipinski definition) is 6. The monoisotopic (exact) mass is 548 g/mol. The van der Waals surface area contributed by atoms with Crippen molar-refractivity contribution in [2.24, 2.45) is 0 Å². The highest BCUT2D eigenvalue weighted by atomic mass is 19.1. The van der Waals surface area contributed by atoms with Crippen molar-refractivity contribution in [3.05, 3.63) is 83.3 Å². The molecule has 4 rings (SSSR count). The Bertz CT molecular complexity index is 1340. The Labute approximate surface area is 235 Å². The standard InChI is InChI=1S/C31H37FN4O4/c1-21-17-26(11-7-24(21)20-35-15-16-36(22(2)19-35)30(38)40-31(3,4)5)34(6)29(37)23-8-14-28(33-18-23)39-27-12-9-25(32)10-13-27/h7-14,17-18,22H,15-16,19-20H2,1-6H3/t22-/m0/s1. The fourth-order valence-corrected chi connectivity index (χ4v) is 4.58. The number of ether oxygens (including phenoxy) is 2. The highest BCUT2D eigenvalue weighted by Gasteiger charge is 2.31. The van der Waals surface area contributed by atoms with Crippen molar-refractivity contribution in [2.75, 3.05) is 31.6 Å². The van der Waals surface area contributed by atoms with Gasteiger partial charge in [-0.2, -0.15) is 0 Å². The molecule has 1 aliphatic rings. The molecule has 1 fully saturated rings. The summed E-state index contributed by atoms with van der Waals surface area (Å²) < 4.78 is 24.3. The highest BCUT2D eigenvalue weighted by molar-refractivity contribution is 6.05. The summed E-state index contributed by atoms with van der Waals surface area (Å²) in [5.74, 6) is 0.229. The molecule has 0 saturated carbocycles. The zero-order chi connectivity index (χ0) is 29.0. The summed E-state index contributed by atoms with van der Waals surface area (Å²) >= 11 is 0. The molecule has 3 aromatic rings. The number of halogens is 1. The number of aromatic nitrogens is 1. The molecule has 9 heteroatoms. The van der Waals surface area contributed by atoms with Gasteiger partial charge in [-0.25, -0.2) is 14.2 Å². The third-order valence-corrected chi connectivity index (χ3v) is 6.77. The normalized spacial score (nSPS) is 16.0. The lowest BCUT2D eigenvalue weighted by Crippen LogP contribution is -2.54. The van der Waals surface area contributed by atoms with Gasteiger partial charge in [-0.15, -0.1) is 0 Å². The summed E-state index contributed by atoms with van der Waals surface area (Å²) in [5.41, 5.74) is 2.95. The molecule has 1 saturated heterocycles. The zero-order valence-electron chi connectivity index (χ0n) is 24.0. The Morgan fingerprint density at radius 3 is 2.40 bits per heavy atom. The largest absolute Gasteiger partial charge is 0.444 e. The SMILES string of the molecule is Cc1cc(N(C)C(=O)c2ccc(Oc3ccc(F)cc3)nc2)ccc1CN1CCN(C(=O)OC(C)(C)C)[C@@H](C)C1. The average Bonchev–Trinajstić information content (AvgIpc) is 2.90. The van der Waals surface area contributed by atoms with Crippen LogP contribution in [-0.2, 0) is 11.3 Å². The van der Waals surface area contributed by atoms with Crippen molar-refractivity contribution in [1.29, 1.82) is 0 Å². The molecule has 0 spiro atoms. The molecular formula is C31H37FN4O4. The van der Waals surface area contributed by atoms with Crippen LogP contribution < -0.4 is 9.64 Å². The summed E-state index contributed by atoms with van der Waals surface area (Å²) in [6.07, 6.45) is 1.20. The van der Waals surface area contributed by atoms with Gasteiger partial charge < -0.3 is 19.3 Å². The maximum Gasteiger partial charge on any atom is 0.410 e. The molecule has 212 valence electrons. The first kappa shape index (κ1) is 29.0. The number of piperazine rings is 1. The van der Waals surface area contributed by atoms with Crippen LogP contribution in [0.4, 0.5) is 14.9 Å². The van der Waals surface area contributed by atoms with Gasteiger partial charge in [0.1, 0.15) is 17.2 Å². The fourth-order valence-electron chi connectivity index (χ4n) is 4.58. The number of rotatable bonds is 6. The molecule has 8 nitrogen and oxygen atoms in total. The van der Waals surface area contributed by atoms with E-state index in [-0.39, 0.29) is 23.9 Å². The second kappa shape index (κ2) is 12.0. The van der Waals surface area contributed by atoms with Crippen LogP contribution in [0.5, 0.6) is 11.6 Å². The molecule has 0 unspecified atom stereocenters. The van der Waals surface area contributed by atoms with Gasteiger partial charge in [0, 0.05) is 57.2 Å². The van der Waals surface area contributed by atoms with E-state index in [0.29, 0.717) is 23.7 Å². The van der Waals surface area contributed by atoms with E-state index in [0.717, 1.165) is 30.9 Å². The van der Waals surface area contributed by atoms with Crippen LogP contribution in [0.2, 0.25) is 0 Å². The highest BCUT2D eigenvalue weighted by Crippen LogP contribution is 2.24. The minimum absolute atomic E-state index is 0.0491. The lowest BCUT2D eigenvalue weighted by Gasteiger charge is -2.40. The summed E-state index contributed by atoms with van der Waals surface area (Å²) in [4.78, 5) is 35.6. The Morgan fingerprint density at radius 2 is 1.80 bits per heavy atom. The van der Waals surface area contributed by atoms with Crippen LogP contribution in [0, 0.1) is 12.7 Å². The topological polar surface area (TPSA) is 75.2 Å². The Hall–Kier alpha value is -3.98. The maximum absolute atomic E-state index is 13.1. The number of nitrogens with zero attached hydrogens (tertiary/aromatic N) is 4. The van der Waals surface area contributed by atoms with E-state index in [1.807, 2.05) is 46.8 Å². The molecule has 40 heavy (non-hydrogen) atoms. The number of benzene rings is 2. The average molecular weight is 549 g/mol. The van der Waals surface area contributed by atoms with Gasteiger partial charge in [-0.05, 0) is 88.2 Å². The van der Waals surface area contributed by atoms with Gasteiger partial charge >= 0.3 is 6.09 Å². The molecule has 0 aliphatic carbocycles. The molecule has 2 aromatic carbocycles. The number of pyridine rings is 1. The molecule has 0 bridgehead atoms. The van der Waals surface area contributed by atoms with E-state index < -0.39 is 5.60 Å². The third-order valence-electron chi connectivity index (χ3n) is 6.77. The van der Waals surface area contributed by atoms with Gasteiger partial charge in [0.25, 0.3) is 5.91 Å². The van der Waals surface area contributed by atoms with E-state index in [4.69, 9.17) is 9.47 Å². The number of aryl methyl sites for hydroxylation is 1. The summed E-state index contributed by atoms with van der Waals surface area (Å²) in [6.45, 7) is 12.6. The molecule has 1 atom stereocenters. The Balaban J connectivity index is 1.35. The van der Waals surface area contributed by atoms with Crippen LogP contribution >= 0.6 is 0 Å². The van der Waals surface area contributed by atoms with Crippen molar-refractivity contribution >= 4 is 17.7 Å². The van der Waals surface area contributed by atoms with Gasteiger partial charge in [-0.3, -0.25) is 9.69 Å². The lowest BCUT2D eigenvalue weighted by molar-refractivity contribution is 0.000525. The van der Waals surface area contributed by atoms with Gasteiger partial charge in [0.05, 0.1) is 5.56 Å². The van der Waals surface area contributed by atoms with Crippen molar-refractivity contribution < 1.29 is 23.5 Å². The number of anilines is 1. The molecule has 2 amide bonds. The molecule has 1 aliphatic heterocycles. The zero-order valence-corrected chi connectivity index (χ0v) is 24.0. The number of hydrogen-bond donors (Lipinski definition) is 0. The van der Waals surface area contributed by atoms with E-state index in [1.165, 1.54) is 36.0 Å². The predicted octanol–water partition coefficient (Wildman–Crippen LogP) is 6.04. The summed E-state index contributed by atoms with van der Waals surface area (Å²) in [5, 5.41) is 0. The Morgan fingerprint density at radius 1 is 1.07 bits per heavy atom. The van der Waals surface area contributed by atoms with Gasteiger partial charge in [0.15, 0.2) is 0 Å². The maximum atomic E-state index is 13.1. The van der Waals surface area contributed by atoms with Gasteiger partial charge in [0.2, 0.25) is 5.88 Å². The number of carbonyl (C=O) groups excluding carboxylic acids is 2.